The molecule has 0 radical (unpaired) electrons. The molecule has 7 heteroatoms. The first-order valence-electron chi connectivity index (χ1n) is 13.7. The number of hydrogen-bond acceptors (Lipinski definition) is 4. The Bertz CT molecular complexity index is 872. The number of hydrogen-bond donors (Lipinski definition) is 2. The van der Waals surface area contributed by atoms with Gasteiger partial charge in [0, 0.05) is 12.6 Å². The summed E-state index contributed by atoms with van der Waals surface area (Å²) in [7, 11) is 0. The van der Waals surface area contributed by atoms with Crippen molar-refractivity contribution in [3.63, 3.8) is 0 Å². The Hall–Kier alpha value is -2.57. The molecule has 0 aromatic heterocycles. The van der Waals surface area contributed by atoms with E-state index in [1.807, 2.05) is 32.0 Å². The van der Waals surface area contributed by atoms with Crippen LogP contribution in [-0.4, -0.2) is 47.5 Å². The lowest BCUT2D eigenvalue weighted by Crippen LogP contribution is -2.50. The van der Waals surface area contributed by atoms with Gasteiger partial charge in [-0.15, -0.1) is 0 Å². The SMILES string of the molecule is CCCCCCN(C(=O)CNC(=O)OC(C)(C)C)C(C(=O)NC1CCCCC1)c1cc(C)ccc1C. The first-order valence-corrected chi connectivity index (χ1v) is 13.7. The van der Waals surface area contributed by atoms with Gasteiger partial charge in [0.25, 0.3) is 0 Å². The van der Waals surface area contributed by atoms with Gasteiger partial charge < -0.3 is 20.3 Å². The quantitative estimate of drug-likeness (QED) is 0.379. The second-order valence-corrected chi connectivity index (χ2v) is 11.1. The molecule has 1 atom stereocenters. The summed E-state index contributed by atoms with van der Waals surface area (Å²) in [5.41, 5.74) is 2.19. The number of alkyl carbamates (subject to hydrolysis) is 1. The van der Waals surface area contributed by atoms with Gasteiger partial charge in [-0.25, -0.2) is 4.79 Å². The molecule has 1 aliphatic carbocycles. The highest BCUT2D eigenvalue weighted by atomic mass is 16.6. The van der Waals surface area contributed by atoms with Crippen LogP contribution in [0, 0.1) is 13.8 Å². The fourth-order valence-corrected chi connectivity index (χ4v) is 4.70. The van der Waals surface area contributed by atoms with Crippen LogP contribution in [0.4, 0.5) is 4.79 Å². The summed E-state index contributed by atoms with van der Waals surface area (Å²) in [5, 5.41) is 5.84. The normalized spacial score (nSPS) is 15.2. The van der Waals surface area contributed by atoms with Gasteiger partial charge in [-0.3, -0.25) is 9.59 Å². The van der Waals surface area contributed by atoms with Crippen LogP contribution in [0.25, 0.3) is 0 Å². The average molecular weight is 502 g/mol. The minimum absolute atomic E-state index is 0.135. The number of rotatable bonds is 11. The van der Waals surface area contributed by atoms with E-state index in [2.05, 4.69) is 17.6 Å². The van der Waals surface area contributed by atoms with E-state index in [0.29, 0.717) is 6.54 Å². The number of aryl methyl sites for hydroxylation is 2. The predicted molar refractivity (Wildman–Crippen MR) is 144 cm³/mol. The van der Waals surface area contributed by atoms with Gasteiger partial charge in [0.15, 0.2) is 0 Å². The lowest BCUT2D eigenvalue weighted by molar-refractivity contribution is -0.140. The van der Waals surface area contributed by atoms with Gasteiger partial charge in [0.05, 0.1) is 0 Å². The fraction of sp³-hybridized carbons (Fsp3) is 0.690. The largest absolute Gasteiger partial charge is 0.444 e. The molecule has 2 N–H and O–H groups in total. The summed E-state index contributed by atoms with van der Waals surface area (Å²) >= 11 is 0. The van der Waals surface area contributed by atoms with Gasteiger partial charge in [0.1, 0.15) is 18.2 Å². The number of benzene rings is 1. The van der Waals surface area contributed by atoms with Crippen molar-refractivity contribution in [2.45, 2.75) is 117 Å². The van der Waals surface area contributed by atoms with E-state index in [9.17, 15) is 14.4 Å². The Labute approximate surface area is 217 Å². The molecule has 0 saturated heterocycles. The number of carbonyl (C=O) groups excluding carboxylic acids is 3. The number of ether oxygens (including phenoxy) is 1. The topological polar surface area (TPSA) is 87.7 Å². The molecule has 2 rings (SSSR count). The van der Waals surface area contributed by atoms with Crippen molar-refractivity contribution in [1.29, 1.82) is 0 Å². The van der Waals surface area contributed by atoms with Gasteiger partial charge in [-0.2, -0.15) is 0 Å². The Morgan fingerprint density at radius 3 is 2.39 bits per heavy atom. The van der Waals surface area contributed by atoms with Crippen molar-refractivity contribution in [3.05, 3.63) is 34.9 Å². The summed E-state index contributed by atoms with van der Waals surface area (Å²) in [6, 6.07) is 5.42. The Kier molecular flexibility index (Phi) is 11.7. The van der Waals surface area contributed by atoms with Crippen LogP contribution >= 0.6 is 0 Å². The first kappa shape index (κ1) is 29.7. The molecule has 7 nitrogen and oxygen atoms in total. The minimum Gasteiger partial charge on any atom is -0.444 e. The van der Waals surface area contributed by atoms with Crippen molar-refractivity contribution in [2.75, 3.05) is 13.1 Å². The van der Waals surface area contributed by atoms with Crippen LogP contribution < -0.4 is 10.6 Å². The second-order valence-electron chi connectivity index (χ2n) is 11.1. The highest BCUT2D eigenvalue weighted by molar-refractivity contribution is 5.90. The van der Waals surface area contributed by atoms with Crippen LogP contribution in [-0.2, 0) is 14.3 Å². The third-order valence-corrected chi connectivity index (χ3v) is 6.60. The first-order chi connectivity index (χ1) is 17.0. The molecule has 1 fully saturated rings. The summed E-state index contributed by atoms with van der Waals surface area (Å²) in [5.74, 6) is -0.432. The summed E-state index contributed by atoms with van der Waals surface area (Å²) < 4.78 is 5.31. The van der Waals surface area contributed by atoms with Crippen LogP contribution in [0.5, 0.6) is 0 Å². The Morgan fingerprint density at radius 2 is 1.75 bits per heavy atom. The molecular formula is C29H47N3O4. The maximum atomic E-state index is 13.8. The van der Waals surface area contributed by atoms with Crippen molar-refractivity contribution in [1.82, 2.24) is 15.5 Å². The monoisotopic (exact) mass is 501 g/mol. The maximum Gasteiger partial charge on any atom is 0.408 e. The number of nitrogens with one attached hydrogen (secondary N) is 2. The lowest BCUT2D eigenvalue weighted by Gasteiger charge is -2.34. The highest BCUT2D eigenvalue weighted by Crippen LogP contribution is 2.28. The van der Waals surface area contributed by atoms with E-state index in [-0.39, 0.29) is 24.4 Å². The third kappa shape index (κ3) is 9.82. The molecule has 0 heterocycles. The fourth-order valence-electron chi connectivity index (χ4n) is 4.70. The zero-order valence-corrected chi connectivity index (χ0v) is 23.2. The zero-order chi connectivity index (χ0) is 26.7. The van der Waals surface area contributed by atoms with E-state index in [4.69, 9.17) is 4.74 Å². The molecule has 0 bridgehead atoms. The van der Waals surface area contributed by atoms with Crippen molar-refractivity contribution in [3.8, 4) is 0 Å². The maximum absolute atomic E-state index is 13.8. The molecule has 3 amide bonds. The number of unbranched alkanes of at least 4 members (excludes halogenated alkanes) is 3. The average Bonchev–Trinajstić information content (AvgIpc) is 2.81. The third-order valence-electron chi connectivity index (χ3n) is 6.60. The van der Waals surface area contributed by atoms with E-state index >= 15 is 0 Å². The standard InChI is InChI=1S/C29H47N3O4/c1-7-8-9-13-18-32(25(33)20-30-28(35)36-29(4,5)6)26(24-19-21(2)16-17-22(24)3)27(34)31-23-14-11-10-12-15-23/h16-17,19,23,26H,7-15,18,20H2,1-6H3,(H,30,35)(H,31,34). The summed E-state index contributed by atoms with van der Waals surface area (Å²) in [6.45, 7) is 11.7. The molecule has 1 aromatic carbocycles. The highest BCUT2D eigenvalue weighted by Gasteiger charge is 2.34. The van der Waals surface area contributed by atoms with Gasteiger partial charge in [-0.1, -0.05) is 69.2 Å². The van der Waals surface area contributed by atoms with Crippen LogP contribution in [0.15, 0.2) is 18.2 Å². The van der Waals surface area contributed by atoms with Crippen molar-refractivity contribution >= 4 is 17.9 Å². The summed E-state index contributed by atoms with van der Waals surface area (Å²) in [4.78, 5) is 41.3. The molecule has 202 valence electrons. The van der Waals surface area contributed by atoms with Gasteiger partial charge in [-0.05, 0) is 65.0 Å². The van der Waals surface area contributed by atoms with E-state index in [0.717, 1.165) is 68.1 Å². The van der Waals surface area contributed by atoms with Crippen LogP contribution in [0.3, 0.4) is 0 Å². The Balaban J connectivity index is 2.33. The van der Waals surface area contributed by atoms with E-state index < -0.39 is 17.7 Å². The molecule has 36 heavy (non-hydrogen) atoms. The minimum atomic E-state index is -0.749. The number of amides is 3. The molecule has 0 spiro atoms. The van der Waals surface area contributed by atoms with Crippen LogP contribution in [0.2, 0.25) is 0 Å². The van der Waals surface area contributed by atoms with E-state index in [1.165, 1.54) is 6.42 Å². The predicted octanol–water partition coefficient (Wildman–Crippen LogP) is 5.73. The molecule has 1 unspecified atom stereocenters. The van der Waals surface area contributed by atoms with Crippen molar-refractivity contribution in [2.24, 2.45) is 0 Å². The summed E-state index contributed by atoms with van der Waals surface area (Å²) in [6.07, 6.45) is 8.63. The lowest BCUT2D eigenvalue weighted by atomic mass is 9.93. The molecule has 1 saturated carbocycles. The molecule has 1 aliphatic rings. The number of nitrogens with zero attached hydrogens (tertiary/aromatic N) is 1. The molecular weight excluding hydrogens is 454 g/mol. The van der Waals surface area contributed by atoms with Gasteiger partial charge in [0.2, 0.25) is 11.8 Å². The van der Waals surface area contributed by atoms with E-state index in [1.54, 1.807) is 25.7 Å². The van der Waals surface area contributed by atoms with Crippen LogP contribution in [0.1, 0.15) is 108 Å². The smallest absolute Gasteiger partial charge is 0.408 e. The number of carbonyl (C=O) groups is 3. The molecule has 1 aromatic rings. The zero-order valence-electron chi connectivity index (χ0n) is 23.2. The Morgan fingerprint density at radius 1 is 1.06 bits per heavy atom. The second kappa shape index (κ2) is 14.2. The van der Waals surface area contributed by atoms with Gasteiger partial charge >= 0.3 is 6.09 Å². The van der Waals surface area contributed by atoms with Crippen molar-refractivity contribution < 1.29 is 19.1 Å². The molecule has 0 aliphatic heterocycles.